The molecule has 1 saturated heterocycles. The summed E-state index contributed by atoms with van der Waals surface area (Å²) in [6, 6.07) is 4.94. The number of rotatable bonds is 4. The molecule has 4 rings (SSSR count). The van der Waals surface area contributed by atoms with Gasteiger partial charge in [-0.1, -0.05) is 18.2 Å². The minimum absolute atomic E-state index is 0.0325. The molecule has 1 saturated carbocycles. The van der Waals surface area contributed by atoms with Gasteiger partial charge in [0.2, 0.25) is 17.7 Å². The Morgan fingerprint density at radius 3 is 2.72 bits per heavy atom. The van der Waals surface area contributed by atoms with Gasteiger partial charge in [0.1, 0.15) is 6.04 Å². The Labute approximate surface area is 144 Å². The van der Waals surface area contributed by atoms with Crippen molar-refractivity contribution >= 4 is 23.6 Å². The highest BCUT2D eigenvalue weighted by Crippen LogP contribution is 2.31. The lowest BCUT2D eigenvalue weighted by Gasteiger charge is -2.29. The Bertz CT molecular complexity index is 785. The van der Waals surface area contributed by atoms with E-state index in [9.17, 15) is 19.2 Å². The lowest BCUT2D eigenvalue weighted by Crippen LogP contribution is -2.52. The van der Waals surface area contributed by atoms with Gasteiger partial charge in [-0.25, -0.2) is 0 Å². The van der Waals surface area contributed by atoms with Gasteiger partial charge in [0.05, 0.1) is 0 Å². The Kier molecular flexibility index (Phi) is 3.78. The summed E-state index contributed by atoms with van der Waals surface area (Å²) >= 11 is 0. The van der Waals surface area contributed by atoms with Gasteiger partial charge in [-0.05, 0) is 30.4 Å². The molecule has 7 heteroatoms. The van der Waals surface area contributed by atoms with Crippen molar-refractivity contribution in [3.05, 3.63) is 34.9 Å². The van der Waals surface area contributed by atoms with Crippen molar-refractivity contribution in [1.29, 1.82) is 0 Å². The first-order valence-electron chi connectivity index (χ1n) is 8.57. The Balaban J connectivity index is 1.52. The van der Waals surface area contributed by atoms with Gasteiger partial charge >= 0.3 is 0 Å². The highest BCUT2D eigenvalue weighted by Gasteiger charge is 2.40. The molecule has 4 amide bonds. The van der Waals surface area contributed by atoms with Crippen molar-refractivity contribution in [3.8, 4) is 0 Å². The lowest BCUT2D eigenvalue weighted by atomic mass is 10.0. The second kappa shape index (κ2) is 5.98. The van der Waals surface area contributed by atoms with Gasteiger partial charge in [0, 0.05) is 31.0 Å². The van der Waals surface area contributed by atoms with Crippen molar-refractivity contribution in [3.63, 3.8) is 0 Å². The standard InChI is InChI=1S/C18H19N3O4/c22-14-7-6-13(17(24)20-14)21-9-12-3-1-2-11(15(12)18(21)25)8-19-16(23)10-4-5-10/h1-3,10,13H,4-9H2,(H,19,23)(H,20,22,24). The predicted octanol–water partition coefficient (Wildman–Crippen LogP) is 0.474. The van der Waals surface area contributed by atoms with Crippen LogP contribution in [0, 0.1) is 5.92 Å². The molecule has 3 aliphatic rings. The number of carbonyl (C=O) groups is 4. The molecule has 25 heavy (non-hydrogen) atoms. The van der Waals surface area contributed by atoms with E-state index < -0.39 is 11.9 Å². The molecule has 1 aromatic carbocycles. The molecule has 7 nitrogen and oxygen atoms in total. The van der Waals surface area contributed by atoms with Crippen LogP contribution in [0.2, 0.25) is 0 Å². The summed E-state index contributed by atoms with van der Waals surface area (Å²) in [6.45, 7) is 0.665. The largest absolute Gasteiger partial charge is 0.352 e. The first-order chi connectivity index (χ1) is 12.0. The smallest absolute Gasteiger partial charge is 0.255 e. The van der Waals surface area contributed by atoms with Crippen molar-refractivity contribution < 1.29 is 19.2 Å². The van der Waals surface area contributed by atoms with Crippen LogP contribution in [0.4, 0.5) is 0 Å². The number of hydrogen-bond acceptors (Lipinski definition) is 4. The van der Waals surface area contributed by atoms with Crippen LogP contribution in [0.3, 0.4) is 0 Å². The summed E-state index contributed by atoms with van der Waals surface area (Å²) in [5.74, 6) is -0.770. The number of fused-ring (bicyclic) bond motifs is 1. The zero-order valence-corrected chi connectivity index (χ0v) is 13.7. The topological polar surface area (TPSA) is 95.6 Å². The number of hydrogen-bond donors (Lipinski definition) is 2. The van der Waals surface area contributed by atoms with E-state index in [0.29, 0.717) is 25.1 Å². The Morgan fingerprint density at radius 1 is 1.20 bits per heavy atom. The van der Waals surface area contributed by atoms with Gasteiger partial charge < -0.3 is 10.2 Å². The zero-order valence-electron chi connectivity index (χ0n) is 13.7. The van der Waals surface area contributed by atoms with Crippen molar-refractivity contribution in [2.24, 2.45) is 5.92 Å². The highest BCUT2D eigenvalue weighted by molar-refractivity contribution is 6.06. The average Bonchev–Trinajstić information content (AvgIpc) is 3.38. The second-order valence-corrected chi connectivity index (χ2v) is 6.84. The molecule has 1 atom stereocenters. The first-order valence-corrected chi connectivity index (χ1v) is 8.57. The molecule has 1 aromatic rings. The molecule has 2 heterocycles. The summed E-state index contributed by atoms with van der Waals surface area (Å²) in [6.07, 6.45) is 2.45. The van der Waals surface area contributed by atoms with E-state index in [1.807, 2.05) is 18.2 Å². The van der Waals surface area contributed by atoms with E-state index in [1.54, 1.807) is 0 Å². The molecule has 0 spiro atoms. The molecule has 2 N–H and O–H groups in total. The highest BCUT2D eigenvalue weighted by atomic mass is 16.2. The van der Waals surface area contributed by atoms with Crippen LogP contribution in [0.1, 0.15) is 47.2 Å². The number of piperidine rings is 1. The number of imide groups is 1. The number of amides is 4. The van der Waals surface area contributed by atoms with Crippen LogP contribution in [0.5, 0.6) is 0 Å². The van der Waals surface area contributed by atoms with Gasteiger partial charge in [-0.3, -0.25) is 24.5 Å². The van der Waals surface area contributed by atoms with Crippen LogP contribution in [-0.4, -0.2) is 34.6 Å². The predicted molar refractivity (Wildman–Crippen MR) is 87.1 cm³/mol. The number of benzene rings is 1. The Morgan fingerprint density at radius 2 is 2.00 bits per heavy atom. The molecule has 2 aliphatic heterocycles. The maximum Gasteiger partial charge on any atom is 0.255 e. The minimum atomic E-state index is -0.619. The van der Waals surface area contributed by atoms with E-state index >= 15 is 0 Å². The molecule has 1 unspecified atom stereocenters. The molecular formula is C18H19N3O4. The van der Waals surface area contributed by atoms with E-state index in [2.05, 4.69) is 10.6 Å². The molecule has 0 bridgehead atoms. The molecule has 2 fully saturated rings. The summed E-state index contributed by atoms with van der Waals surface area (Å²) in [5.41, 5.74) is 2.20. The van der Waals surface area contributed by atoms with E-state index in [1.165, 1.54) is 4.90 Å². The van der Waals surface area contributed by atoms with Gasteiger partial charge in [-0.2, -0.15) is 0 Å². The normalized spacial score (nSPS) is 22.6. The van der Waals surface area contributed by atoms with Crippen molar-refractivity contribution in [1.82, 2.24) is 15.5 Å². The molecule has 0 aromatic heterocycles. The van der Waals surface area contributed by atoms with Crippen LogP contribution in [0.25, 0.3) is 0 Å². The minimum Gasteiger partial charge on any atom is -0.352 e. The molecular weight excluding hydrogens is 322 g/mol. The lowest BCUT2D eigenvalue weighted by molar-refractivity contribution is -0.137. The third-order valence-corrected chi connectivity index (χ3v) is 5.04. The van der Waals surface area contributed by atoms with Crippen LogP contribution in [0.15, 0.2) is 18.2 Å². The molecule has 1 aliphatic carbocycles. The SMILES string of the molecule is O=C1CCC(N2Cc3cccc(CNC(=O)C4CC4)c3C2=O)C(=O)N1. The first kappa shape index (κ1) is 15.8. The summed E-state index contributed by atoms with van der Waals surface area (Å²) < 4.78 is 0. The fourth-order valence-corrected chi connectivity index (χ4v) is 3.51. The monoisotopic (exact) mass is 341 g/mol. The fourth-order valence-electron chi connectivity index (χ4n) is 3.51. The Hall–Kier alpha value is -2.70. The van der Waals surface area contributed by atoms with Crippen LogP contribution in [-0.2, 0) is 27.5 Å². The fraction of sp³-hybridized carbons (Fsp3) is 0.444. The maximum absolute atomic E-state index is 12.9. The van der Waals surface area contributed by atoms with Crippen LogP contribution < -0.4 is 10.6 Å². The third kappa shape index (κ3) is 2.90. The third-order valence-electron chi connectivity index (χ3n) is 5.04. The van der Waals surface area contributed by atoms with Gasteiger partial charge in [0.25, 0.3) is 5.91 Å². The summed E-state index contributed by atoms with van der Waals surface area (Å²) in [4.78, 5) is 49.7. The number of nitrogens with one attached hydrogen (secondary N) is 2. The van der Waals surface area contributed by atoms with E-state index in [0.717, 1.165) is 24.0 Å². The average molecular weight is 341 g/mol. The van der Waals surface area contributed by atoms with Crippen LogP contribution >= 0.6 is 0 Å². The summed E-state index contributed by atoms with van der Waals surface area (Å²) in [5, 5.41) is 5.19. The number of carbonyl (C=O) groups excluding carboxylic acids is 4. The molecule has 0 radical (unpaired) electrons. The maximum atomic E-state index is 12.9. The molecule has 130 valence electrons. The van der Waals surface area contributed by atoms with E-state index in [-0.39, 0.29) is 30.1 Å². The van der Waals surface area contributed by atoms with Crippen molar-refractivity contribution in [2.75, 3.05) is 0 Å². The zero-order chi connectivity index (χ0) is 17.6. The second-order valence-electron chi connectivity index (χ2n) is 6.84. The number of nitrogens with zero attached hydrogens (tertiary/aromatic N) is 1. The van der Waals surface area contributed by atoms with E-state index in [4.69, 9.17) is 0 Å². The van der Waals surface area contributed by atoms with Gasteiger partial charge in [-0.15, -0.1) is 0 Å². The quantitative estimate of drug-likeness (QED) is 0.779. The van der Waals surface area contributed by atoms with Gasteiger partial charge in [0.15, 0.2) is 0 Å². The van der Waals surface area contributed by atoms with Crippen molar-refractivity contribution in [2.45, 2.75) is 44.8 Å². The summed E-state index contributed by atoms with van der Waals surface area (Å²) in [7, 11) is 0.